The van der Waals surface area contributed by atoms with Gasteiger partial charge in [0.25, 0.3) is 11.1 Å². The molecule has 0 saturated heterocycles. The van der Waals surface area contributed by atoms with Crippen LogP contribution in [-0.2, 0) is 11.3 Å². The van der Waals surface area contributed by atoms with Crippen molar-refractivity contribution < 1.29 is 9.53 Å². The second-order valence-electron chi connectivity index (χ2n) is 7.26. The fraction of sp³-hybridized carbons (Fsp3) is 0.318. The van der Waals surface area contributed by atoms with Crippen molar-refractivity contribution in [2.45, 2.75) is 32.9 Å². The van der Waals surface area contributed by atoms with Gasteiger partial charge in [-0.25, -0.2) is 4.68 Å². The minimum absolute atomic E-state index is 0.0769. The summed E-state index contributed by atoms with van der Waals surface area (Å²) >= 11 is 0. The van der Waals surface area contributed by atoms with Crippen LogP contribution in [0.4, 0.5) is 0 Å². The maximum Gasteiger partial charge on any atom is 0.273 e. The van der Waals surface area contributed by atoms with Crippen molar-refractivity contribution in [3.05, 3.63) is 74.8 Å². The number of methoxy groups -OCH3 is 1. The minimum atomic E-state index is -0.348. The molecule has 7 heteroatoms. The summed E-state index contributed by atoms with van der Waals surface area (Å²) in [6.07, 6.45) is 0.0769. The van der Waals surface area contributed by atoms with Crippen LogP contribution < -0.4 is 21.2 Å². The third kappa shape index (κ3) is 4.56. The summed E-state index contributed by atoms with van der Waals surface area (Å²) in [5.74, 6) is 0.734. The number of ether oxygens (including phenoxy) is 1. The molecule has 0 aliphatic heterocycles. The predicted octanol–water partition coefficient (Wildman–Crippen LogP) is 2.60. The summed E-state index contributed by atoms with van der Waals surface area (Å²) < 4.78 is 6.38. The highest BCUT2D eigenvalue weighted by atomic mass is 16.5. The van der Waals surface area contributed by atoms with E-state index in [-0.39, 0.29) is 42.0 Å². The second-order valence-corrected chi connectivity index (χ2v) is 7.26. The van der Waals surface area contributed by atoms with Crippen LogP contribution in [0, 0.1) is 5.92 Å². The van der Waals surface area contributed by atoms with Gasteiger partial charge in [0.15, 0.2) is 0 Å². The molecular formula is C22H25N3O4. The largest absolute Gasteiger partial charge is 0.497 e. The number of nitrogens with one attached hydrogen (secondary N) is 2. The molecule has 3 aromatic rings. The van der Waals surface area contributed by atoms with Crippen molar-refractivity contribution in [1.82, 2.24) is 15.1 Å². The average molecular weight is 395 g/mol. The van der Waals surface area contributed by atoms with Gasteiger partial charge in [0, 0.05) is 6.42 Å². The molecule has 152 valence electrons. The number of aromatic amines is 1. The highest BCUT2D eigenvalue weighted by molar-refractivity contribution is 5.80. The molecule has 0 fully saturated rings. The first kappa shape index (κ1) is 20.4. The van der Waals surface area contributed by atoms with Crippen molar-refractivity contribution >= 4 is 16.7 Å². The van der Waals surface area contributed by atoms with Crippen LogP contribution in [0.5, 0.6) is 5.75 Å². The number of benzene rings is 2. The fourth-order valence-corrected chi connectivity index (χ4v) is 3.31. The van der Waals surface area contributed by atoms with Gasteiger partial charge in [0.1, 0.15) is 5.75 Å². The van der Waals surface area contributed by atoms with Crippen molar-refractivity contribution in [3.63, 3.8) is 0 Å². The number of hydrogen-bond donors (Lipinski definition) is 2. The van der Waals surface area contributed by atoms with E-state index >= 15 is 0 Å². The smallest absolute Gasteiger partial charge is 0.273 e. The zero-order valence-electron chi connectivity index (χ0n) is 16.8. The van der Waals surface area contributed by atoms with Crippen LogP contribution in [0.15, 0.2) is 58.1 Å². The number of amides is 1. The van der Waals surface area contributed by atoms with E-state index in [9.17, 15) is 14.4 Å². The van der Waals surface area contributed by atoms with Gasteiger partial charge in [-0.05, 0) is 35.7 Å². The van der Waals surface area contributed by atoms with E-state index in [1.807, 2.05) is 38.1 Å². The maximum atomic E-state index is 12.6. The maximum absolute atomic E-state index is 12.6. The lowest BCUT2D eigenvalue weighted by molar-refractivity contribution is -0.122. The normalized spacial score (nSPS) is 12.1. The Balaban J connectivity index is 1.73. The van der Waals surface area contributed by atoms with Crippen molar-refractivity contribution in [1.29, 1.82) is 0 Å². The molecule has 7 nitrogen and oxygen atoms in total. The first-order valence-corrected chi connectivity index (χ1v) is 9.56. The van der Waals surface area contributed by atoms with Crippen LogP contribution in [-0.4, -0.2) is 22.8 Å². The van der Waals surface area contributed by atoms with Gasteiger partial charge in [-0.1, -0.05) is 38.1 Å². The summed E-state index contributed by atoms with van der Waals surface area (Å²) in [6.45, 7) is 4.15. The molecule has 0 aliphatic carbocycles. The molecule has 1 unspecified atom stereocenters. The topological polar surface area (TPSA) is 93.2 Å². The van der Waals surface area contributed by atoms with Crippen LogP contribution in [0.3, 0.4) is 0 Å². The molecule has 1 amide bonds. The highest BCUT2D eigenvalue weighted by Gasteiger charge is 2.18. The van der Waals surface area contributed by atoms with Gasteiger partial charge >= 0.3 is 0 Å². The number of nitrogens with zero attached hydrogens (tertiary/aromatic N) is 1. The van der Waals surface area contributed by atoms with Gasteiger partial charge < -0.3 is 10.1 Å². The van der Waals surface area contributed by atoms with E-state index in [4.69, 9.17) is 4.74 Å². The lowest BCUT2D eigenvalue weighted by atomic mass is 9.96. The number of aryl methyl sites for hydroxylation is 1. The minimum Gasteiger partial charge on any atom is -0.497 e. The molecule has 0 spiro atoms. The fourth-order valence-electron chi connectivity index (χ4n) is 3.31. The van der Waals surface area contributed by atoms with Crippen molar-refractivity contribution in [3.8, 4) is 5.75 Å². The molecule has 1 aromatic heterocycles. The van der Waals surface area contributed by atoms with Gasteiger partial charge in [0.2, 0.25) is 5.91 Å². The summed E-state index contributed by atoms with van der Waals surface area (Å²) in [5, 5.41) is 6.26. The number of fused-ring (bicyclic) bond motifs is 1. The average Bonchev–Trinajstić information content (AvgIpc) is 2.73. The van der Waals surface area contributed by atoms with Gasteiger partial charge in [-0.3, -0.25) is 19.5 Å². The predicted molar refractivity (Wildman–Crippen MR) is 112 cm³/mol. The van der Waals surface area contributed by atoms with Gasteiger partial charge in [-0.2, -0.15) is 0 Å². The lowest BCUT2D eigenvalue weighted by Gasteiger charge is -2.23. The van der Waals surface area contributed by atoms with Crippen molar-refractivity contribution in [2.75, 3.05) is 7.11 Å². The highest BCUT2D eigenvalue weighted by Crippen LogP contribution is 2.24. The van der Waals surface area contributed by atoms with E-state index < -0.39 is 0 Å². The second kappa shape index (κ2) is 8.77. The Morgan fingerprint density at radius 1 is 1.07 bits per heavy atom. The zero-order chi connectivity index (χ0) is 21.0. The Labute approximate surface area is 168 Å². The Morgan fingerprint density at radius 2 is 1.72 bits per heavy atom. The van der Waals surface area contributed by atoms with E-state index in [2.05, 4.69) is 10.4 Å². The molecule has 3 rings (SSSR count). The first-order valence-electron chi connectivity index (χ1n) is 9.56. The molecular weight excluding hydrogens is 370 g/mol. The quantitative estimate of drug-likeness (QED) is 0.643. The number of rotatable bonds is 7. The van der Waals surface area contributed by atoms with E-state index in [0.717, 1.165) is 11.3 Å². The third-order valence-corrected chi connectivity index (χ3v) is 4.90. The van der Waals surface area contributed by atoms with Crippen LogP contribution in [0.2, 0.25) is 0 Å². The molecule has 0 bridgehead atoms. The lowest BCUT2D eigenvalue weighted by Crippen LogP contribution is -2.35. The molecule has 0 radical (unpaired) electrons. The molecule has 1 heterocycles. The van der Waals surface area contributed by atoms with E-state index in [1.165, 1.54) is 4.68 Å². The van der Waals surface area contributed by atoms with Crippen LogP contribution >= 0.6 is 0 Å². The standard InChI is InChI=1S/C22H25N3O4/c1-14(2)20(15-8-10-16(29-3)11-9-15)23-19(26)12-13-25-22(28)18-7-5-4-6-17(18)21(27)24-25/h4-11,14,20H,12-13H2,1-3H3,(H,23,26)(H,24,27). The SMILES string of the molecule is COc1ccc(C(NC(=O)CCn2[nH]c(=O)c3ccccc3c2=O)C(C)C)cc1. The Kier molecular flexibility index (Phi) is 6.16. The van der Waals surface area contributed by atoms with Crippen LogP contribution in [0.1, 0.15) is 31.9 Å². The van der Waals surface area contributed by atoms with E-state index in [0.29, 0.717) is 10.8 Å². The zero-order valence-corrected chi connectivity index (χ0v) is 16.8. The van der Waals surface area contributed by atoms with Gasteiger partial charge in [0.05, 0.1) is 30.5 Å². The number of aromatic nitrogens is 2. The number of carbonyl (C=O) groups is 1. The Bertz CT molecular complexity index is 1110. The van der Waals surface area contributed by atoms with Crippen molar-refractivity contribution in [2.24, 2.45) is 5.92 Å². The number of H-pyrrole nitrogens is 1. The molecule has 1 atom stereocenters. The first-order chi connectivity index (χ1) is 13.9. The Hall–Kier alpha value is -3.35. The molecule has 0 aliphatic rings. The summed E-state index contributed by atoms with van der Waals surface area (Å²) in [4.78, 5) is 37.3. The van der Waals surface area contributed by atoms with E-state index in [1.54, 1.807) is 31.4 Å². The number of carbonyl (C=O) groups excluding carboxylic acids is 1. The third-order valence-electron chi connectivity index (χ3n) is 4.90. The van der Waals surface area contributed by atoms with Crippen LogP contribution in [0.25, 0.3) is 10.8 Å². The Morgan fingerprint density at radius 3 is 2.34 bits per heavy atom. The summed E-state index contributed by atoms with van der Waals surface area (Å²) in [5.41, 5.74) is 0.313. The molecule has 0 saturated carbocycles. The van der Waals surface area contributed by atoms with Gasteiger partial charge in [-0.15, -0.1) is 0 Å². The summed E-state index contributed by atoms with van der Waals surface area (Å²) in [6, 6.07) is 14.0. The molecule has 2 N–H and O–H groups in total. The monoisotopic (exact) mass is 395 g/mol. The summed E-state index contributed by atoms with van der Waals surface area (Å²) in [7, 11) is 1.61. The molecule has 2 aromatic carbocycles. The molecule has 29 heavy (non-hydrogen) atoms. The number of hydrogen-bond acceptors (Lipinski definition) is 4.